The van der Waals surface area contributed by atoms with E-state index in [9.17, 15) is 9.59 Å². The van der Waals surface area contributed by atoms with Crippen molar-refractivity contribution in [2.45, 2.75) is 25.7 Å². The van der Waals surface area contributed by atoms with Crippen molar-refractivity contribution in [2.75, 3.05) is 13.2 Å². The maximum Gasteiger partial charge on any atom is 0.344 e. The van der Waals surface area contributed by atoms with Gasteiger partial charge in [0.25, 0.3) is 0 Å². The Morgan fingerprint density at radius 3 is 2.59 bits per heavy atom. The molecule has 0 aliphatic rings. The number of nitrogens with zero attached hydrogens (tertiary/aromatic N) is 1. The SMILES string of the molecule is C=CC(=O)OCCCCCCOc1cc2cc(-c3ccccc3)c(=O)oc2cn1. The molecule has 0 amide bonds. The van der Waals surface area contributed by atoms with Crippen molar-refractivity contribution in [1.29, 1.82) is 0 Å². The van der Waals surface area contributed by atoms with Crippen LogP contribution in [0.1, 0.15) is 25.7 Å². The van der Waals surface area contributed by atoms with Crippen LogP contribution in [0.15, 0.2) is 70.5 Å². The number of carbonyl (C=O) groups is 1. The van der Waals surface area contributed by atoms with E-state index in [2.05, 4.69) is 11.6 Å². The number of hydrogen-bond donors (Lipinski definition) is 0. The van der Waals surface area contributed by atoms with Gasteiger partial charge in [0.15, 0.2) is 5.58 Å². The predicted molar refractivity (Wildman–Crippen MR) is 111 cm³/mol. The molecular formula is C23H23NO5. The van der Waals surface area contributed by atoms with E-state index in [1.165, 1.54) is 12.3 Å². The van der Waals surface area contributed by atoms with Crippen LogP contribution in [0.3, 0.4) is 0 Å². The second-order valence-electron chi connectivity index (χ2n) is 6.51. The molecule has 0 aliphatic carbocycles. The largest absolute Gasteiger partial charge is 0.478 e. The number of carbonyl (C=O) groups excluding carboxylic acids is 1. The van der Waals surface area contributed by atoms with Gasteiger partial charge in [0.1, 0.15) is 0 Å². The molecule has 150 valence electrons. The van der Waals surface area contributed by atoms with E-state index in [1.54, 1.807) is 12.1 Å². The maximum absolute atomic E-state index is 12.2. The molecule has 2 heterocycles. The topological polar surface area (TPSA) is 78.6 Å². The molecular weight excluding hydrogens is 370 g/mol. The third-order valence-electron chi connectivity index (χ3n) is 4.38. The highest BCUT2D eigenvalue weighted by atomic mass is 16.5. The molecule has 29 heavy (non-hydrogen) atoms. The van der Waals surface area contributed by atoms with Crippen LogP contribution in [-0.2, 0) is 9.53 Å². The summed E-state index contributed by atoms with van der Waals surface area (Å²) in [4.78, 5) is 27.4. The van der Waals surface area contributed by atoms with Crippen molar-refractivity contribution < 1.29 is 18.7 Å². The Hall–Kier alpha value is -3.41. The van der Waals surface area contributed by atoms with Crippen LogP contribution >= 0.6 is 0 Å². The van der Waals surface area contributed by atoms with Crippen molar-refractivity contribution in [1.82, 2.24) is 4.98 Å². The van der Waals surface area contributed by atoms with E-state index in [0.717, 1.165) is 36.6 Å². The number of pyridine rings is 1. The first-order valence-corrected chi connectivity index (χ1v) is 9.58. The number of fused-ring (bicyclic) bond motifs is 1. The molecule has 0 radical (unpaired) electrons. The lowest BCUT2D eigenvalue weighted by molar-refractivity contribution is -0.137. The molecule has 0 spiro atoms. The monoisotopic (exact) mass is 393 g/mol. The number of rotatable bonds is 10. The number of ether oxygens (including phenoxy) is 2. The zero-order chi connectivity index (χ0) is 20.5. The normalized spacial score (nSPS) is 10.6. The minimum atomic E-state index is -0.391. The van der Waals surface area contributed by atoms with E-state index in [4.69, 9.17) is 13.9 Å². The molecule has 6 heteroatoms. The van der Waals surface area contributed by atoms with Crippen LogP contribution in [0.25, 0.3) is 22.1 Å². The fourth-order valence-corrected chi connectivity index (χ4v) is 2.87. The number of esters is 1. The average molecular weight is 393 g/mol. The third-order valence-corrected chi connectivity index (χ3v) is 4.38. The van der Waals surface area contributed by atoms with Gasteiger partial charge in [-0.05, 0) is 37.3 Å². The highest BCUT2D eigenvalue weighted by molar-refractivity contribution is 5.82. The van der Waals surface area contributed by atoms with Crippen molar-refractivity contribution in [3.63, 3.8) is 0 Å². The number of benzene rings is 1. The van der Waals surface area contributed by atoms with Crippen molar-refractivity contribution in [2.24, 2.45) is 0 Å². The molecule has 3 aromatic rings. The fraction of sp³-hybridized carbons (Fsp3) is 0.261. The molecule has 0 N–H and O–H groups in total. The summed E-state index contributed by atoms with van der Waals surface area (Å²) >= 11 is 0. The standard InChI is InChI=1S/C23H23NO5/c1-2-22(25)28-13-9-4-3-8-12-27-21-15-18-14-19(17-10-6-5-7-11-17)23(26)29-20(18)16-24-21/h2,5-7,10-11,14-16H,1,3-4,8-9,12-13H2. The summed E-state index contributed by atoms with van der Waals surface area (Å²) in [5, 5.41) is 0.762. The molecule has 0 unspecified atom stereocenters. The highest BCUT2D eigenvalue weighted by Gasteiger charge is 2.09. The maximum atomic E-state index is 12.2. The number of hydrogen-bond acceptors (Lipinski definition) is 6. The summed E-state index contributed by atoms with van der Waals surface area (Å²) in [6, 6.07) is 13.0. The first-order chi connectivity index (χ1) is 14.2. The minimum Gasteiger partial charge on any atom is -0.478 e. The first kappa shape index (κ1) is 20.3. The molecule has 0 atom stereocenters. The third kappa shape index (κ3) is 5.78. The molecule has 6 nitrogen and oxygen atoms in total. The molecule has 3 rings (SSSR count). The van der Waals surface area contributed by atoms with Gasteiger partial charge in [-0.3, -0.25) is 0 Å². The van der Waals surface area contributed by atoms with Gasteiger partial charge in [-0.2, -0.15) is 0 Å². The summed E-state index contributed by atoms with van der Waals surface area (Å²) < 4.78 is 16.0. The summed E-state index contributed by atoms with van der Waals surface area (Å²) in [5.74, 6) is 0.104. The molecule has 1 aromatic carbocycles. The number of unbranched alkanes of at least 4 members (excludes halogenated alkanes) is 3. The summed E-state index contributed by atoms with van der Waals surface area (Å²) in [6.45, 7) is 4.30. The molecule has 0 saturated heterocycles. The quantitative estimate of drug-likeness (QED) is 0.286. The molecule has 0 aliphatic heterocycles. The summed E-state index contributed by atoms with van der Waals surface area (Å²) in [7, 11) is 0. The average Bonchev–Trinajstić information content (AvgIpc) is 2.75. The van der Waals surface area contributed by atoms with Crippen LogP contribution in [0, 0.1) is 0 Å². The van der Waals surface area contributed by atoms with Crippen LogP contribution in [0.4, 0.5) is 0 Å². The zero-order valence-corrected chi connectivity index (χ0v) is 16.1. The van der Waals surface area contributed by atoms with Crippen LogP contribution < -0.4 is 10.4 Å². The van der Waals surface area contributed by atoms with Gasteiger partial charge in [0.05, 0.1) is 25.0 Å². The van der Waals surface area contributed by atoms with Gasteiger partial charge in [-0.1, -0.05) is 36.9 Å². The van der Waals surface area contributed by atoms with Crippen molar-refractivity contribution in [3.05, 3.63) is 71.7 Å². The van der Waals surface area contributed by atoms with Gasteiger partial charge in [-0.15, -0.1) is 0 Å². The second kappa shape index (κ2) is 10.2. The van der Waals surface area contributed by atoms with E-state index in [0.29, 0.717) is 30.2 Å². The van der Waals surface area contributed by atoms with Crippen molar-refractivity contribution >= 4 is 16.9 Å². The van der Waals surface area contributed by atoms with Crippen LogP contribution in [0.2, 0.25) is 0 Å². The zero-order valence-electron chi connectivity index (χ0n) is 16.1. The lowest BCUT2D eigenvalue weighted by Crippen LogP contribution is -2.04. The van der Waals surface area contributed by atoms with Crippen LogP contribution in [-0.4, -0.2) is 24.2 Å². The smallest absolute Gasteiger partial charge is 0.344 e. The van der Waals surface area contributed by atoms with E-state index in [1.807, 2.05) is 30.3 Å². The lowest BCUT2D eigenvalue weighted by Gasteiger charge is -2.07. The van der Waals surface area contributed by atoms with Gasteiger partial charge >= 0.3 is 11.6 Å². The molecule has 0 saturated carbocycles. The Morgan fingerprint density at radius 2 is 1.83 bits per heavy atom. The second-order valence-corrected chi connectivity index (χ2v) is 6.51. The van der Waals surface area contributed by atoms with E-state index in [-0.39, 0.29) is 5.97 Å². The predicted octanol–water partition coefficient (Wildman–Crippen LogP) is 4.52. The molecule has 0 fully saturated rings. The minimum absolute atomic E-state index is 0.387. The van der Waals surface area contributed by atoms with Gasteiger partial charge < -0.3 is 13.9 Å². The Balaban J connectivity index is 1.53. The Labute approximate surface area is 168 Å². The fourth-order valence-electron chi connectivity index (χ4n) is 2.87. The van der Waals surface area contributed by atoms with Gasteiger partial charge in [0, 0.05) is 17.5 Å². The van der Waals surface area contributed by atoms with Gasteiger partial charge in [0.2, 0.25) is 5.88 Å². The first-order valence-electron chi connectivity index (χ1n) is 9.58. The van der Waals surface area contributed by atoms with E-state index >= 15 is 0 Å². The van der Waals surface area contributed by atoms with Crippen molar-refractivity contribution in [3.8, 4) is 17.0 Å². The molecule has 2 aromatic heterocycles. The lowest BCUT2D eigenvalue weighted by atomic mass is 10.1. The van der Waals surface area contributed by atoms with Crippen LogP contribution in [0.5, 0.6) is 5.88 Å². The van der Waals surface area contributed by atoms with Gasteiger partial charge in [-0.25, -0.2) is 14.6 Å². The van der Waals surface area contributed by atoms with E-state index < -0.39 is 5.63 Å². The Morgan fingerprint density at radius 1 is 1.07 bits per heavy atom. The summed E-state index contributed by atoms with van der Waals surface area (Å²) in [6.07, 6.45) is 6.27. The highest BCUT2D eigenvalue weighted by Crippen LogP contribution is 2.23. The Kier molecular flexibility index (Phi) is 7.16. The number of aromatic nitrogens is 1. The molecule has 0 bridgehead atoms. The Bertz CT molecular complexity index is 1030. The summed E-state index contributed by atoms with van der Waals surface area (Å²) in [5.41, 5.74) is 1.35.